The zero-order chi connectivity index (χ0) is 17.5. The van der Waals surface area contributed by atoms with Gasteiger partial charge in [-0.15, -0.1) is 0 Å². The molecule has 0 spiro atoms. The van der Waals surface area contributed by atoms with Crippen LogP contribution < -0.4 is 14.8 Å². The summed E-state index contributed by atoms with van der Waals surface area (Å²) in [6.07, 6.45) is 4.65. The maximum absolute atomic E-state index is 12.2. The van der Waals surface area contributed by atoms with Gasteiger partial charge in [-0.25, -0.2) is 14.8 Å². The molecule has 0 bridgehead atoms. The van der Waals surface area contributed by atoms with Crippen molar-refractivity contribution in [3.05, 3.63) is 48.4 Å². The number of aromatic nitrogens is 2. The topological polar surface area (TPSA) is 76.6 Å². The highest BCUT2D eigenvalue weighted by Crippen LogP contribution is 2.16. The van der Waals surface area contributed by atoms with Crippen molar-refractivity contribution in [2.24, 2.45) is 0 Å². The second-order valence-electron chi connectivity index (χ2n) is 5.85. The number of carbonyl (C=O) groups excluding carboxylic acids is 1. The molecule has 1 aliphatic heterocycles. The largest absolute Gasteiger partial charge is 0.497 e. The minimum atomic E-state index is -0.0534. The van der Waals surface area contributed by atoms with Gasteiger partial charge in [-0.2, -0.15) is 0 Å². The fourth-order valence-electron chi connectivity index (χ4n) is 2.75. The summed E-state index contributed by atoms with van der Waals surface area (Å²) in [5.74, 6) is 1.38. The van der Waals surface area contributed by atoms with Crippen LogP contribution in [0.5, 0.6) is 11.6 Å². The van der Waals surface area contributed by atoms with Crippen molar-refractivity contribution in [1.82, 2.24) is 20.2 Å². The minimum absolute atomic E-state index is 0.0257. The molecule has 2 aromatic rings. The van der Waals surface area contributed by atoms with Gasteiger partial charge in [-0.1, -0.05) is 12.1 Å². The molecule has 0 radical (unpaired) electrons. The number of amides is 2. The molecule has 2 amide bonds. The van der Waals surface area contributed by atoms with Gasteiger partial charge in [0, 0.05) is 31.8 Å². The van der Waals surface area contributed by atoms with Crippen molar-refractivity contribution < 1.29 is 14.3 Å². The predicted octanol–water partition coefficient (Wildman–Crippen LogP) is 1.89. The van der Waals surface area contributed by atoms with Crippen LogP contribution in [0.4, 0.5) is 4.79 Å². The maximum Gasteiger partial charge on any atom is 0.317 e. The van der Waals surface area contributed by atoms with Crippen LogP contribution in [-0.4, -0.2) is 53.7 Å². The molecule has 0 aliphatic carbocycles. The molecular weight excluding hydrogens is 320 g/mol. The zero-order valence-electron chi connectivity index (χ0n) is 14.2. The number of rotatable bonds is 6. The summed E-state index contributed by atoms with van der Waals surface area (Å²) in [4.78, 5) is 21.9. The molecule has 1 N–H and O–H groups in total. The number of hydrogen-bond donors (Lipinski definition) is 1. The van der Waals surface area contributed by atoms with Gasteiger partial charge in [0.1, 0.15) is 18.2 Å². The van der Waals surface area contributed by atoms with E-state index < -0.39 is 0 Å². The molecule has 2 heterocycles. The van der Waals surface area contributed by atoms with Crippen LogP contribution in [0.25, 0.3) is 0 Å². The molecule has 25 heavy (non-hydrogen) atoms. The molecule has 1 aromatic carbocycles. The summed E-state index contributed by atoms with van der Waals surface area (Å²) >= 11 is 0. The molecule has 3 rings (SSSR count). The van der Waals surface area contributed by atoms with E-state index in [-0.39, 0.29) is 12.1 Å². The highest BCUT2D eigenvalue weighted by atomic mass is 16.5. The maximum atomic E-state index is 12.2. The van der Waals surface area contributed by atoms with E-state index in [0.29, 0.717) is 25.5 Å². The lowest BCUT2D eigenvalue weighted by Crippen LogP contribution is -2.40. The smallest absolute Gasteiger partial charge is 0.317 e. The van der Waals surface area contributed by atoms with E-state index in [2.05, 4.69) is 15.3 Å². The number of hydrogen-bond acceptors (Lipinski definition) is 5. The molecule has 1 saturated heterocycles. The Balaban J connectivity index is 1.40. The van der Waals surface area contributed by atoms with E-state index >= 15 is 0 Å². The monoisotopic (exact) mass is 342 g/mol. The molecule has 7 heteroatoms. The first-order valence-corrected chi connectivity index (χ1v) is 8.33. The Labute approximate surface area is 147 Å². The van der Waals surface area contributed by atoms with Crippen molar-refractivity contribution in [1.29, 1.82) is 0 Å². The van der Waals surface area contributed by atoms with Crippen LogP contribution in [0, 0.1) is 0 Å². The van der Waals surface area contributed by atoms with Crippen LogP contribution >= 0.6 is 0 Å². The lowest BCUT2D eigenvalue weighted by Gasteiger charge is -2.17. The van der Waals surface area contributed by atoms with E-state index in [9.17, 15) is 4.79 Å². The molecular formula is C18H22N4O3. The van der Waals surface area contributed by atoms with Gasteiger partial charge in [0.2, 0.25) is 5.88 Å². The first-order chi connectivity index (χ1) is 12.2. The Bertz CT molecular complexity index is 678. The fourth-order valence-corrected chi connectivity index (χ4v) is 2.75. The minimum Gasteiger partial charge on any atom is -0.497 e. The number of nitrogens with one attached hydrogen (secondary N) is 1. The highest BCUT2D eigenvalue weighted by Gasteiger charge is 2.27. The van der Waals surface area contributed by atoms with E-state index in [1.807, 2.05) is 24.3 Å². The number of carbonyl (C=O) groups is 1. The molecule has 0 saturated carbocycles. The van der Waals surface area contributed by atoms with Crippen LogP contribution in [0.15, 0.2) is 42.9 Å². The third-order valence-electron chi connectivity index (χ3n) is 4.12. The fraction of sp³-hybridized carbons (Fsp3) is 0.389. The third-order valence-corrected chi connectivity index (χ3v) is 4.12. The Hall–Kier alpha value is -2.83. The average molecular weight is 342 g/mol. The lowest BCUT2D eigenvalue weighted by molar-refractivity contribution is 0.183. The number of ether oxygens (including phenoxy) is 2. The van der Waals surface area contributed by atoms with Crippen molar-refractivity contribution in [2.45, 2.75) is 18.9 Å². The molecule has 7 nitrogen and oxygen atoms in total. The second kappa shape index (κ2) is 8.32. The van der Waals surface area contributed by atoms with Crippen molar-refractivity contribution in [3.8, 4) is 11.6 Å². The standard InChI is InChI=1S/C18H22N4O3/c1-24-15-4-2-14(3-5-15)6-10-20-18(23)22-11-8-16(12-22)25-17-7-9-19-13-21-17/h2-5,7,9,13,16H,6,8,10-12H2,1H3,(H,20,23)/t16-/m1/s1. The Morgan fingerprint density at radius 3 is 2.88 bits per heavy atom. The number of benzene rings is 1. The lowest BCUT2D eigenvalue weighted by atomic mass is 10.1. The van der Waals surface area contributed by atoms with Crippen LogP contribution in [0.2, 0.25) is 0 Å². The van der Waals surface area contributed by atoms with Gasteiger partial charge >= 0.3 is 6.03 Å². The van der Waals surface area contributed by atoms with Crippen LogP contribution in [-0.2, 0) is 6.42 Å². The number of methoxy groups -OCH3 is 1. The van der Waals surface area contributed by atoms with E-state index in [1.54, 1.807) is 24.3 Å². The first kappa shape index (κ1) is 17.0. The van der Waals surface area contributed by atoms with Gasteiger partial charge in [0.05, 0.1) is 13.7 Å². The quantitative estimate of drug-likeness (QED) is 0.867. The number of urea groups is 1. The van der Waals surface area contributed by atoms with Gasteiger partial charge in [0.25, 0.3) is 0 Å². The molecule has 1 aromatic heterocycles. The van der Waals surface area contributed by atoms with Crippen LogP contribution in [0.3, 0.4) is 0 Å². The summed E-state index contributed by atoms with van der Waals surface area (Å²) < 4.78 is 10.9. The summed E-state index contributed by atoms with van der Waals surface area (Å²) in [6.45, 7) is 1.85. The van der Waals surface area contributed by atoms with Crippen LogP contribution in [0.1, 0.15) is 12.0 Å². The Kier molecular flexibility index (Phi) is 5.66. The van der Waals surface area contributed by atoms with Crippen molar-refractivity contribution in [2.75, 3.05) is 26.7 Å². The molecule has 132 valence electrons. The molecule has 1 atom stereocenters. The zero-order valence-corrected chi connectivity index (χ0v) is 14.2. The average Bonchev–Trinajstić information content (AvgIpc) is 3.12. The van der Waals surface area contributed by atoms with Crippen molar-refractivity contribution in [3.63, 3.8) is 0 Å². The SMILES string of the molecule is COc1ccc(CCNC(=O)N2CC[C@@H](Oc3ccncn3)C2)cc1. The third kappa shape index (κ3) is 4.82. The summed E-state index contributed by atoms with van der Waals surface area (Å²) in [7, 11) is 1.65. The Morgan fingerprint density at radius 1 is 1.32 bits per heavy atom. The van der Waals surface area contributed by atoms with Gasteiger partial charge < -0.3 is 19.7 Å². The van der Waals surface area contributed by atoms with Crippen molar-refractivity contribution >= 4 is 6.03 Å². The summed E-state index contributed by atoms with van der Waals surface area (Å²) in [5, 5.41) is 2.96. The highest BCUT2D eigenvalue weighted by molar-refractivity contribution is 5.74. The normalized spacial score (nSPS) is 16.5. The first-order valence-electron chi connectivity index (χ1n) is 8.33. The van der Waals surface area contributed by atoms with Gasteiger partial charge in [0.15, 0.2) is 0 Å². The second-order valence-corrected chi connectivity index (χ2v) is 5.85. The number of likely N-dealkylation sites (tertiary alicyclic amines) is 1. The predicted molar refractivity (Wildman–Crippen MR) is 92.7 cm³/mol. The van der Waals surface area contributed by atoms with Gasteiger partial charge in [-0.05, 0) is 24.1 Å². The molecule has 0 unspecified atom stereocenters. The molecule has 1 aliphatic rings. The van der Waals surface area contributed by atoms with E-state index in [4.69, 9.17) is 9.47 Å². The Morgan fingerprint density at radius 2 is 2.16 bits per heavy atom. The van der Waals surface area contributed by atoms with E-state index in [1.165, 1.54) is 6.33 Å². The molecule has 1 fully saturated rings. The van der Waals surface area contributed by atoms with E-state index in [0.717, 1.165) is 24.2 Å². The van der Waals surface area contributed by atoms with Gasteiger partial charge in [-0.3, -0.25) is 0 Å². The number of nitrogens with zero attached hydrogens (tertiary/aromatic N) is 3. The summed E-state index contributed by atoms with van der Waals surface area (Å²) in [5.41, 5.74) is 1.16. The summed E-state index contributed by atoms with van der Waals surface area (Å²) in [6, 6.07) is 9.53.